The quantitative estimate of drug-likeness (QED) is 0.744. The third-order valence-corrected chi connectivity index (χ3v) is 4.96. The van der Waals surface area contributed by atoms with Crippen LogP contribution in [0, 0.1) is 0 Å². The maximum absolute atomic E-state index is 12.4. The number of piperidine rings is 1. The second-order valence-corrected chi connectivity index (χ2v) is 6.11. The molecule has 3 fully saturated rings. The second-order valence-electron chi connectivity index (χ2n) is 6.11. The molecule has 0 spiro atoms. The summed E-state index contributed by atoms with van der Waals surface area (Å²) < 4.78 is 0. The summed E-state index contributed by atoms with van der Waals surface area (Å²) >= 11 is 0. The zero-order chi connectivity index (χ0) is 13.6. The number of hydrogen-bond acceptors (Lipinski definition) is 3. The fraction of sp³-hybridized carbons (Fsp3) is 0.857. The molecular formula is C14H23N3O2. The summed E-state index contributed by atoms with van der Waals surface area (Å²) in [6, 6.07) is 0.00599. The predicted octanol–water partition coefficient (Wildman–Crippen LogP) is 0.349. The monoisotopic (exact) mass is 265 g/mol. The molecule has 0 radical (unpaired) electrons. The molecule has 3 aliphatic heterocycles. The van der Waals surface area contributed by atoms with Crippen molar-refractivity contribution >= 4 is 11.8 Å². The Hall–Kier alpha value is -1.10. The number of nitrogens with one attached hydrogen (secondary N) is 1. The number of rotatable bonds is 1. The molecule has 5 heteroatoms. The van der Waals surface area contributed by atoms with E-state index in [9.17, 15) is 9.59 Å². The van der Waals surface area contributed by atoms with Gasteiger partial charge >= 0.3 is 0 Å². The van der Waals surface area contributed by atoms with Gasteiger partial charge in [0.25, 0.3) is 0 Å². The van der Waals surface area contributed by atoms with Crippen LogP contribution in [0.3, 0.4) is 0 Å². The minimum absolute atomic E-state index is 0.0126. The van der Waals surface area contributed by atoms with Gasteiger partial charge < -0.3 is 10.2 Å². The van der Waals surface area contributed by atoms with Crippen LogP contribution in [0.5, 0.6) is 0 Å². The first-order valence-electron chi connectivity index (χ1n) is 7.46. The van der Waals surface area contributed by atoms with Crippen LogP contribution < -0.4 is 5.32 Å². The largest absolute Gasteiger partial charge is 0.343 e. The molecule has 5 nitrogen and oxygen atoms in total. The normalized spacial score (nSPS) is 40.2. The van der Waals surface area contributed by atoms with Gasteiger partial charge in [-0.15, -0.1) is 0 Å². The molecule has 4 unspecified atom stereocenters. The van der Waals surface area contributed by atoms with E-state index in [0.29, 0.717) is 6.04 Å². The van der Waals surface area contributed by atoms with Gasteiger partial charge in [-0.05, 0) is 39.7 Å². The van der Waals surface area contributed by atoms with Gasteiger partial charge in [0.1, 0.15) is 12.1 Å². The molecule has 0 aromatic carbocycles. The first-order valence-corrected chi connectivity index (χ1v) is 7.46. The van der Waals surface area contributed by atoms with Crippen LogP contribution >= 0.6 is 0 Å². The average Bonchev–Trinajstić information content (AvgIpc) is 2.81. The fourth-order valence-corrected chi connectivity index (χ4v) is 3.93. The van der Waals surface area contributed by atoms with E-state index in [1.165, 1.54) is 12.8 Å². The van der Waals surface area contributed by atoms with Gasteiger partial charge in [0.05, 0.1) is 0 Å². The highest BCUT2D eigenvalue weighted by Crippen LogP contribution is 2.32. The van der Waals surface area contributed by atoms with Crippen LogP contribution in [0.4, 0.5) is 0 Å². The second kappa shape index (κ2) is 4.78. The van der Waals surface area contributed by atoms with Crippen LogP contribution in [0.15, 0.2) is 0 Å². The number of carbonyl (C=O) groups is 2. The van der Waals surface area contributed by atoms with Crippen LogP contribution in [-0.2, 0) is 9.59 Å². The van der Waals surface area contributed by atoms with Crippen molar-refractivity contribution in [3.8, 4) is 0 Å². The van der Waals surface area contributed by atoms with Gasteiger partial charge in [0.15, 0.2) is 0 Å². The number of hydrogen-bond donors (Lipinski definition) is 1. The molecule has 0 bridgehead atoms. The molecule has 0 saturated carbocycles. The van der Waals surface area contributed by atoms with Gasteiger partial charge in [0, 0.05) is 18.6 Å². The lowest BCUT2D eigenvalue weighted by Crippen LogP contribution is -2.65. The highest BCUT2D eigenvalue weighted by Gasteiger charge is 2.46. The predicted molar refractivity (Wildman–Crippen MR) is 71.5 cm³/mol. The van der Waals surface area contributed by atoms with Crippen molar-refractivity contribution in [1.29, 1.82) is 0 Å². The van der Waals surface area contributed by atoms with E-state index >= 15 is 0 Å². The van der Waals surface area contributed by atoms with E-state index in [2.05, 4.69) is 10.2 Å². The SMILES string of the molecule is CC1NC(=O)C(C)N(C2CCN3CCCCC23)C1=O. The number of fused-ring (bicyclic) bond motifs is 1. The van der Waals surface area contributed by atoms with Gasteiger partial charge in [-0.3, -0.25) is 14.5 Å². The molecule has 4 atom stereocenters. The Kier molecular flexibility index (Phi) is 3.25. The maximum atomic E-state index is 12.4. The van der Waals surface area contributed by atoms with Crippen molar-refractivity contribution < 1.29 is 9.59 Å². The first-order chi connectivity index (χ1) is 9.09. The summed E-state index contributed by atoms with van der Waals surface area (Å²) in [6.45, 7) is 5.86. The Labute approximate surface area is 114 Å². The molecule has 0 aromatic rings. The van der Waals surface area contributed by atoms with Gasteiger partial charge in [0.2, 0.25) is 11.8 Å². The number of piperazine rings is 1. The van der Waals surface area contributed by atoms with Crippen LogP contribution in [0.1, 0.15) is 39.5 Å². The molecule has 19 heavy (non-hydrogen) atoms. The number of carbonyl (C=O) groups excluding carboxylic acids is 2. The summed E-state index contributed by atoms with van der Waals surface area (Å²) in [5, 5.41) is 2.76. The Balaban J connectivity index is 1.83. The van der Waals surface area contributed by atoms with Crippen LogP contribution in [0.25, 0.3) is 0 Å². The lowest BCUT2D eigenvalue weighted by Gasteiger charge is -2.43. The first kappa shape index (κ1) is 12.9. The Morgan fingerprint density at radius 3 is 2.63 bits per heavy atom. The third kappa shape index (κ3) is 2.04. The van der Waals surface area contributed by atoms with Crippen molar-refractivity contribution in [2.75, 3.05) is 13.1 Å². The van der Waals surface area contributed by atoms with Gasteiger partial charge in [-0.25, -0.2) is 0 Å². The van der Waals surface area contributed by atoms with Crippen LogP contribution in [0.2, 0.25) is 0 Å². The van der Waals surface area contributed by atoms with E-state index in [4.69, 9.17) is 0 Å². The zero-order valence-electron chi connectivity index (χ0n) is 11.8. The average molecular weight is 265 g/mol. The summed E-state index contributed by atoms with van der Waals surface area (Å²) in [6.07, 6.45) is 4.69. The molecule has 0 aromatic heterocycles. The Morgan fingerprint density at radius 1 is 1.05 bits per heavy atom. The molecule has 1 N–H and O–H groups in total. The number of amides is 2. The molecule has 3 saturated heterocycles. The van der Waals surface area contributed by atoms with Gasteiger partial charge in [-0.2, -0.15) is 0 Å². The zero-order valence-corrected chi connectivity index (χ0v) is 11.8. The molecule has 106 valence electrons. The Bertz CT molecular complexity index is 398. The summed E-state index contributed by atoms with van der Waals surface area (Å²) in [4.78, 5) is 28.8. The number of nitrogens with zero attached hydrogens (tertiary/aromatic N) is 2. The molecule has 3 aliphatic rings. The highest BCUT2D eigenvalue weighted by molar-refractivity contribution is 5.96. The topological polar surface area (TPSA) is 52.7 Å². The standard InChI is InChI=1S/C14H23N3O2/c1-9-14(19)17(10(2)13(18)15-9)12-6-8-16-7-4-3-5-11(12)16/h9-12H,3-8H2,1-2H3,(H,15,18). The minimum atomic E-state index is -0.374. The van der Waals surface area contributed by atoms with E-state index < -0.39 is 0 Å². The van der Waals surface area contributed by atoms with E-state index in [-0.39, 0.29) is 29.9 Å². The Morgan fingerprint density at radius 2 is 1.84 bits per heavy atom. The summed E-state index contributed by atoms with van der Waals surface area (Å²) in [7, 11) is 0. The van der Waals surface area contributed by atoms with E-state index in [0.717, 1.165) is 25.9 Å². The molecule has 3 heterocycles. The van der Waals surface area contributed by atoms with Crippen molar-refractivity contribution in [3.63, 3.8) is 0 Å². The minimum Gasteiger partial charge on any atom is -0.343 e. The highest BCUT2D eigenvalue weighted by atomic mass is 16.2. The van der Waals surface area contributed by atoms with Gasteiger partial charge in [-0.1, -0.05) is 6.42 Å². The van der Waals surface area contributed by atoms with E-state index in [1.807, 2.05) is 11.8 Å². The summed E-state index contributed by atoms with van der Waals surface area (Å²) in [5.41, 5.74) is 0. The molecule has 3 rings (SSSR count). The van der Waals surface area contributed by atoms with Crippen molar-refractivity contribution in [2.24, 2.45) is 0 Å². The summed E-state index contributed by atoms with van der Waals surface area (Å²) in [5.74, 6) is 0.0749. The van der Waals surface area contributed by atoms with Crippen LogP contribution in [-0.4, -0.2) is 58.9 Å². The lowest BCUT2D eigenvalue weighted by molar-refractivity contribution is -0.151. The van der Waals surface area contributed by atoms with E-state index in [1.54, 1.807) is 6.92 Å². The fourth-order valence-electron chi connectivity index (χ4n) is 3.93. The third-order valence-electron chi connectivity index (χ3n) is 4.96. The molecule has 0 aliphatic carbocycles. The van der Waals surface area contributed by atoms with Crippen molar-refractivity contribution in [2.45, 2.75) is 63.7 Å². The molecule has 2 amide bonds. The molecular weight excluding hydrogens is 242 g/mol. The smallest absolute Gasteiger partial charge is 0.245 e. The maximum Gasteiger partial charge on any atom is 0.245 e. The van der Waals surface area contributed by atoms with Crippen molar-refractivity contribution in [3.05, 3.63) is 0 Å². The van der Waals surface area contributed by atoms with Crippen molar-refractivity contribution in [1.82, 2.24) is 15.1 Å². The lowest BCUT2D eigenvalue weighted by atomic mass is 9.95.